The summed E-state index contributed by atoms with van der Waals surface area (Å²) in [5.74, 6) is -1.77. The number of benzene rings is 1. The van der Waals surface area contributed by atoms with Crippen LogP contribution in [0.5, 0.6) is 0 Å². The van der Waals surface area contributed by atoms with Crippen LogP contribution in [-0.2, 0) is 20.7 Å². The van der Waals surface area contributed by atoms with Gasteiger partial charge >= 0.3 is 12.1 Å². The van der Waals surface area contributed by atoms with Gasteiger partial charge in [-0.05, 0) is 53.2 Å². The van der Waals surface area contributed by atoms with Crippen molar-refractivity contribution in [3.63, 3.8) is 0 Å². The lowest BCUT2D eigenvalue weighted by Crippen LogP contribution is -2.58. The molecule has 0 unspecified atom stereocenters. The Kier molecular flexibility index (Phi) is 6.25. The molecule has 2 rings (SSSR count). The van der Waals surface area contributed by atoms with Gasteiger partial charge in [-0.3, -0.25) is 4.79 Å². The number of carbonyl (C=O) groups is 3. The molecule has 0 radical (unpaired) electrons. The molecule has 0 saturated heterocycles. The fourth-order valence-corrected chi connectivity index (χ4v) is 2.96. The number of para-hydroxylation sites is 1. The molecule has 0 aliphatic rings. The lowest BCUT2D eigenvalue weighted by molar-refractivity contribution is -0.142. The number of amides is 2. The first-order chi connectivity index (χ1) is 13.3. The zero-order valence-corrected chi connectivity index (χ0v) is 17.7. The summed E-state index contributed by atoms with van der Waals surface area (Å²) in [5.41, 5.74) is 0.504. The van der Waals surface area contributed by atoms with E-state index in [-0.39, 0.29) is 6.42 Å². The number of aryl methyl sites for hydroxylation is 1. The highest BCUT2D eigenvalue weighted by molar-refractivity contribution is 5.92. The summed E-state index contributed by atoms with van der Waals surface area (Å²) in [6.45, 7) is 9.98. The van der Waals surface area contributed by atoms with Crippen LogP contribution in [0.4, 0.5) is 4.79 Å². The molecule has 29 heavy (non-hydrogen) atoms. The maximum absolute atomic E-state index is 12.7. The van der Waals surface area contributed by atoms with Crippen LogP contribution >= 0.6 is 0 Å². The fraction of sp³-hybridized carbons (Fsp3) is 0.476. The molecule has 0 aliphatic heterocycles. The van der Waals surface area contributed by atoms with Crippen LogP contribution in [0.3, 0.4) is 0 Å². The Hall–Kier alpha value is -3.03. The molecule has 1 atom stereocenters. The number of carbonyl (C=O) groups excluding carboxylic acids is 2. The molecule has 2 amide bonds. The van der Waals surface area contributed by atoms with Crippen molar-refractivity contribution >= 4 is 28.9 Å². The van der Waals surface area contributed by atoms with E-state index in [1.165, 1.54) is 13.8 Å². The second-order valence-electron chi connectivity index (χ2n) is 8.59. The molecule has 0 spiro atoms. The van der Waals surface area contributed by atoms with Crippen molar-refractivity contribution in [2.75, 3.05) is 0 Å². The van der Waals surface area contributed by atoms with Crippen LogP contribution < -0.4 is 10.6 Å². The van der Waals surface area contributed by atoms with Crippen LogP contribution in [0, 0.1) is 6.92 Å². The zero-order chi connectivity index (χ0) is 22.0. The van der Waals surface area contributed by atoms with Gasteiger partial charge in [0.2, 0.25) is 5.91 Å². The number of aliphatic carboxylic acids is 1. The number of nitrogens with one attached hydrogen (secondary N) is 3. The molecule has 4 N–H and O–H groups in total. The molecule has 0 aliphatic carbocycles. The van der Waals surface area contributed by atoms with Gasteiger partial charge in [-0.15, -0.1) is 0 Å². The lowest BCUT2D eigenvalue weighted by atomic mass is 10.00. The first kappa shape index (κ1) is 22.3. The summed E-state index contributed by atoms with van der Waals surface area (Å²) < 4.78 is 5.17. The molecule has 1 aromatic carbocycles. The van der Waals surface area contributed by atoms with Crippen molar-refractivity contribution in [1.29, 1.82) is 0 Å². The van der Waals surface area contributed by atoms with E-state index in [0.717, 1.165) is 22.2 Å². The molecule has 0 saturated carbocycles. The first-order valence-corrected chi connectivity index (χ1v) is 9.41. The highest BCUT2D eigenvalue weighted by Crippen LogP contribution is 2.23. The normalized spacial score (nSPS) is 13.0. The number of carboxylic acid groups (broad SMARTS) is 1. The number of hydrogen-bond acceptors (Lipinski definition) is 4. The minimum Gasteiger partial charge on any atom is -0.480 e. The van der Waals surface area contributed by atoms with Gasteiger partial charge in [-0.1, -0.05) is 18.2 Å². The number of H-pyrrole nitrogens is 1. The Labute approximate surface area is 170 Å². The number of aromatic nitrogens is 1. The number of aromatic amines is 1. The van der Waals surface area contributed by atoms with Crippen LogP contribution in [0.1, 0.15) is 45.9 Å². The molecular formula is C21H29N3O5. The molecule has 2 aromatic rings. The standard InChI is InChI=1S/C21H29N3O5/c1-12-14(13-9-7-8-10-15(13)22-12)11-16(17(25)26)23-18(27)21(5,6)24-19(28)29-20(2,3)4/h7-10,16,22H,11H2,1-6H3,(H,23,27)(H,24,28)(H,25,26)/t16-/m1/s1. The maximum atomic E-state index is 12.7. The highest BCUT2D eigenvalue weighted by Gasteiger charge is 2.34. The Morgan fingerprint density at radius 3 is 2.34 bits per heavy atom. The van der Waals surface area contributed by atoms with Crippen molar-refractivity contribution in [2.24, 2.45) is 0 Å². The highest BCUT2D eigenvalue weighted by atomic mass is 16.6. The van der Waals surface area contributed by atoms with Gasteiger partial charge < -0.3 is 25.5 Å². The van der Waals surface area contributed by atoms with E-state index in [1.807, 2.05) is 31.2 Å². The summed E-state index contributed by atoms with van der Waals surface area (Å²) in [6.07, 6.45) is -0.642. The number of rotatable bonds is 6. The van der Waals surface area contributed by atoms with Crippen molar-refractivity contribution in [1.82, 2.24) is 15.6 Å². The second-order valence-corrected chi connectivity index (χ2v) is 8.59. The van der Waals surface area contributed by atoms with Gasteiger partial charge in [0, 0.05) is 23.0 Å². The number of fused-ring (bicyclic) bond motifs is 1. The summed E-state index contributed by atoms with van der Waals surface area (Å²) in [5, 5.41) is 15.6. The second kappa shape index (κ2) is 8.14. The molecular weight excluding hydrogens is 374 g/mol. The van der Waals surface area contributed by atoms with Crippen molar-refractivity contribution in [2.45, 2.75) is 65.1 Å². The van der Waals surface area contributed by atoms with Gasteiger partial charge in [-0.2, -0.15) is 0 Å². The van der Waals surface area contributed by atoms with Gasteiger partial charge in [0.05, 0.1) is 0 Å². The van der Waals surface area contributed by atoms with Crippen LogP contribution in [-0.4, -0.2) is 45.2 Å². The van der Waals surface area contributed by atoms with E-state index in [4.69, 9.17) is 4.74 Å². The number of ether oxygens (including phenoxy) is 1. The van der Waals surface area contributed by atoms with Crippen LogP contribution in [0.25, 0.3) is 10.9 Å². The fourth-order valence-electron chi connectivity index (χ4n) is 2.96. The number of alkyl carbamates (subject to hydrolysis) is 1. The lowest BCUT2D eigenvalue weighted by Gasteiger charge is -2.29. The molecule has 8 nitrogen and oxygen atoms in total. The first-order valence-electron chi connectivity index (χ1n) is 9.41. The summed E-state index contributed by atoms with van der Waals surface area (Å²) >= 11 is 0. The average Bonchev–Trinajstić information content (AvgIpc) is 2.87. The van der Waals surface area contributed by atoms with E-state index in [1.54, 1.807) is 20.8 Å². The van der Waals surface area contributed by atoms with E-state index >= 15 is 0 Å². The quantitative estimate of drug-likeness (QED) is 0.591. The Bertz CT molecular complexity index is 924. The van der Waals surface area contributed by atoms with Crippen molar-refractivity contribution in [3.8, 4) is 0 Å². The summed E-state index contributed by atoms with van der Waals surface area (Å²) in [4.78, 5) is 39.7. The smallest absolute Gasteiger partial charge is 0.408 e. The third-order valence-electron chi connectivity index (χ3n) is 4.42. The number of carboxylic acids is 1. The van der Waals surface area contributed by atoms with E-state index in [9.17, 15) is 19.5 Å². The van der Waals surface area contributed by atoms with Gasteiger partial charge in [-0.25, -0.2) is 9.59 Å². The SMILES string of the molecule is Cc1[nH]c2ccccc2c1C[C@@H](NC(=O)C(C)(C)NC(=O)OC(C)(C)C)C(=O)O. The monoisotopic (exact) mass is 403 g/mol. The van der Waals surface area contributed by atoms with Gasteiger partial charge in [0.1, 0.15) is 17.2 Å². The molecule has 1 heterocycles. The van der Waals surface area contributed by atoms with E-state index in [0.29, 0.717) is 0 Å². The van der Waals surface area contributed by atoms with Crippen molar-refractivity contribution in [3.05, 3.63) is 35.5 Å². The maximum Gasteiger partial charge on any atom is 0.408 e. The predicted octanol–water partition coefficient (Wildman–Crippen LogP) is 2.89. The van der Waals surface area contributed by atoms with Crippen LogP contribution in [0.15, 0.2) is 24.3 Å². The van der Waals surface area contributed by atoms with Crippen LogP contribution in [0.2, 0.25) is 0 Å². The van der Waals surface area contributed by atoms with Crippen molar-refractivity contribution < 1.29 is 24.2 Å². The third-order valence-corrected chi connectivity index (χ3v) is 4.42. The minimum absolute atomic E-state index is 0.111. The predicted molar refractivity (Wildman–Crippen MR) is 110 cm³/mol. The number of hydrogen-bond donors (Lipinski definition) is 4. The van der Waals surface area contributed by atoms with Gasteiger partial charge in [0.25, 0.3) is 0 Å². The summed E-state index contributed by atoms with van der Waals surface area (Å²) in [7, 11) is 0. The van der Waals surface area contributed by atoms with E-state index < -0.39 is 35.2 Å². The Balaban J connectivity index is 2.15. The summed E-state index contributed by atoms with van der Waals surface area (Å²) in [6, 6.07) is 6.43. The zero-order valence-electron chi connectivity index (χ0n) is 17.7. The molecule has 8 heteroatoms. The Morgan fingerprint density at radius 1 is 1.14 bits per heavy atom. The van der Waals surface area contributed by atoms with E-state index in [2.05, 4.69) is 15.6 Å². The molecule has 0 fully saturated rings. The largest absolute Gasteiger partial charge is 0.480 e. The topological polar surface area (TPSA) is 121 Å². The molecule has 0 bridgehead atoms. The molecule has 158 valence electrons. The minimum atomic E-state index is -1.36. The average molecular weight is 403 g/mol. The van der Waals surface area contributed by atoms with Gasteiger partial charge in [0.15, 0.2) is 0 Å². The Morgan fingerprint density at radius 2 is 1.76 bits per heavy atom. The third kappa shape index (κ3) is 5.73. The molecule has 1 aromatic heterocycles.